The highest BCUT2D eigenvalue weighted by Gasteiger charge is 2.05. The van der Waals surface area contributed by atoms with Gasteiger partial charge in [0.05, 0.1) is 12.0 Å². The summed E-state index contributed by atoms with van der Waals surface area (Å²) in [6.07, 6.45) is 1.60. The average molecular weight is 336 g/mol. The lowest BCUT2D eigenvalue weighted by Gasteiger charge is -2.11. The Balaban J connectivity index is 1.77. The molecule has 0 aliphatic rings. The standard InChI is InChI=1S/C13H16N6OS2/c1-19(2)10-5-3-9(4-6-10)7-15-16-11(20)8-21-13-18-17-12(14)22-13/h3-7H,8H2,1-2H3,(H2,14,17)(H,16,20). The zero-order valence-corrected chi connectivity index (χ0v) is 13.8. The lowest BCUT2D eigenvalue weighted by atomic mass is 10.2. The third kappa shape index (κ3) is 5.01. The number of hydrogen-bond donors (Lipinski definition) is 2. The Morgan fingerprint density at radius 3 is 2.73 bits per heavy atom. The van der Waals surface area contributed by atoms with Crippen LogP contribution in [0.15, 0.2) is 33.7 Å². The molecule has 0 fully saturated rings. The molecule has 116 valence electrons. The number of rotatable bonds is 6. The van der Waals surface area contributed by atoms with Gasteiger partial charge in [-0.25, -0.2) is 5.43 Å². The summed E-state index contributed by atoms with van der Waals surface area (Å²) in [6.45, 7) is 0. The summed E-state index contributed by atoms with van der Waals surface area (Å²) in [7, 11) is 3.96. The Kier molecular flexibility index (Phi) is 5.73. The van der Waals surface area contributed by atoms with Crippen LogP contribution in [0.4, 0.5) is 10.8 Å². The van der Waals surface area contributed by atoms with Crippen molar-refractivity contribution >= 4 is 46.0 Å². The van der Waals surface area contributed by atoms with Crippen molar-refractivity contribution in [1.82, 2.24) is 15.6 Å². The van der Waals surface area contributed by atoms with E-state index in [9.17, 15) is 4.79 Å². The SMILES string of the molecule is CN(C)c1ccc(C=NNC(=O)CSc2nnc(N)s2)cc1. The molecule has 0 radical (unpaired) electrons. The maximum Gasteiger partial charge on any atom is 0.250 e. The fourth-order valence-corrected chi connectivity index (χ4v) is 2.90. The molecule has 2 aromatic rings. The second-order valence-electron chi connectivity index (χ2n) is 4.47. The zero-order chi connectivity index (χ0) is 15.9. The Morgan fingerprint density at radius 1 is 1.41 bits per heavy atom. The molecule has 1 aromatic carbocycles. The van der Waals surface area contributed by atoms with E-state index in [1.165, 1.54) is 23.1 Å². The van der Waals surface area contributed by atoms with E-state index in [4.69, 9.17) is 5.73 Å². The Labute approximate surface area is 136 Å². The molecule has 1 heterocycles. The minimum Gasteiger partial charge on any atom is -0.378 e. The van der Waals surface area contributed by atoms with Gasteiger partial charge >= 0.3 is 0 Å². The largest absolute Gasteiger partial charge is 0.378 e. The molecule has 22 heavy (non-hydrogen) atoms. The second kappa shape index (κ2) is 7.76. The van der Waals surface area contributed by atoms with E-state index in [0.717, 1.165) is 11.3 Å². The lowest BCUT2D eigenvalue weighted by molar-refractivity contribution is -0.118. The summed E-state index contributed by atoms with van der Waals surface area (Å²) < 4.78 is 0.663. The van der Waals surface area contributed by atoms with E-state index in [0.29, 0.717) is 9.47 Å². The first-order chi connectivity index (χ1) is 10.5. The molecule has 0 bridgehead atoms. The van der Waals surface area contributed by atoms with Crippen LogP contribution >= 0.6 is 23.1 Å². The van der Waals surface area contributed by atoms with Crippen LogP contribution in [0, 0.1) is 0 Å². The van der Waals surface area contributed by atoms with Gasteiger partial charge in [-0.05, 0) is 17.7 Å². The lowest BCUT2D eigenvalue weighted by Crippen LogP contribution is -2.19. The normalized spacial score (nSPS) is 10.8. The van der Waals surface area contributed by atoms with Crippen LogP contribution in [-0.4, -0.2) is 42.2 Å². The van der Waals surface area contributed by atoms with Crippen molar-refractivity contribution in [3.8, 4) is 0 Å². The quantitative estimate of drug-likeness (QED) is 0.470. The Hall–Kier alpha value is -2.13. The van der Waals surface area contributed by atoms with Crippen molar-refractivity contribution in [2.24, 2.45) is 5.10 Å². The molecule has 1 amide bonds. The van der Waals surface area contributed by atoms with Crippen LogP contribution in [0.3, 0.4) is 0 Å². The minimum absolute atomic E-state index is 0.208. The van der Waals surface area contributed by atoms with Crippen LogP contribution in [0.5, 0.6) is 0 Å². The number of benzene rings is 1. The van der Waals surface area contributed by atoms with Gasteiger partial charge in [0.25, 0.3) is 5.91 Å². The van der Waals surface area contributed by atoms with Crippen LogP contribution in [0.1, 0.15) is 5.56 Å². The molecule has 0 saturated carbocycles. The summed E-state index contributed by atoms with van der Waals surface area (Å²) in [6, 6.07) is 7.84. The fraction of sp³-hybridized carbons (Fsp3) is 0.231. The topological polar surface area (TPSA) is 96.5 Å². The number of thioether (sulfide) groups is 1. The third-order valence-corrected chi connectivity index (χ3v) is 4.45. The molecule has 0 atom stereocenters. The molecule has 0 spiro atoms. The average Bonchev–Trinajstić information content (AvgIpc) is 2.91. The van der Waals surface area contributed by atoms with Gasteiger partial charge < -0.3 is 10.6 Å². The van der Waals surface area contributed by atoms with Gasteiger partial charge in [0.15, 0.2) is 4.34 Å². The summed E-state index contributed by atoms with van der Waals surface area (Å²) in [5, 5.41) is 11.8. The first kappa shape index (κ1) is 16.2. The number of anilines is 2. The highest BCUT2D eigenvalue weighted by molar-refractivity contribution is 8.01. The van der Waals surface area contributed by atoms with Crippen molar-refractivity contribution in [3.63, 3.8) is 0 Å². The number of carbonyl (C=O) groups excluding carboxylic acids is 1. The number of hydrogen-bond acceptors (Lipinski definition) is 8. The van der Waals surface area contributed by atoms with Crippen molar-refractivity contribution in [2.75, 3.05) is 30.5 Å². The molecule has 7 nitrogen and oxygen atoms in total. The molecule has 0 aliphatic heterocycles. The monoisotopic (exact) mass is 336 g/mol. The third-order valence-electron chi connectivity index (χ3n) is 2.56. The van der Waals surface area contributed by atoms with E-state index in [1.807, 2.05) is 43.3 Å². The summed E-state index contributed by atoms with van der Waals surface area (Å²) in [5.41, 5.74) is 9.95. The number of amides is 1. The first-order valence-corrected chi connectivity index (χ1v) is 8.16. The van der Waals surface area contributed by atoms with E-state index < -0.39 is 0 Å². The number of nitrogen functional groups attached to an aromatic ring is 1. The number of hydrazone groups is 1. The van der Waals surface area contributed by atoms with Gasteiger partial charge in [0.2, 0.25) is 5.13 Å². The van der Waals surface area contributed by atoms with Crippen molar-refractivity contribution < 1.29 is 4.79 Å². The predicted octanol–water partition coefficient (Wildman–Crippen LogP) is 1.43. The maximum atomic E-state index is 11.6. The first-order valence-electron chi connectivity index (χ1n) is 6.35. The second-order valence-corrected chi connectivity index (χ2v) is 6.71. The molecule has 0 aliphatic carbocycles. The fourth-order valence-electron chi connectivity index (χ4n) is 1.48. The van der Waals surface area contributed by atoms with E-state index in [1.54, 1.807) is 6.21 Å². The van der Waals surface area contributed by atoms with E-state index in [2.05, 4.69) is 20.7 Å². The van der Waals surface area contributed by atoms with E-state index >= 15 is 0 Å². The molecule has 0 saturated heterocycles. The van der Waals surface area contributed by atoms with Gasteiger partial charge in [-0.3, -0.25) is 4.79 Å². The highest BCUT2D eigenvalue weighted by Crippen LogP contribution is 2.22. The molecular weight excluding hydrogens is 320 g/mol. The summed E-state index contributed by atoms with van der Waals surface area (Å²) >= 11 is 2.52. The number of nitrogens with one attached hydrogen (secondary N) is 1. The van der Waals surface area contributed by atoms with Crippen molar-refractivity contribution in [3.05, 3.63) is 29.8 Å². The van der Waals surface area contributed by atoms with Gasteiger partial charge in [0.1, 0.15) is 0 Å². The molecule has 1 aromatic heterocycles. The van der Waals surface area contributed by atoms with Gasteiger partial charge in [-0.15, -0.1) is 10.2 Å². The number of carbonyl (C=O) groups is 1. The predicted molar refractivity (Wildman–Crippen MR) is 91.6 cm³/mol. The number of nitrogens with two attached hydrogens (primary N) is 1. The maximum absolute atomic E-state index is 11.6. The molecule has 0 unspecified atom stereocenters. The van der Waals surface area contributed by atoms with E-state index in [-0.39, 0.29) is 11.7 Å². The van der Waals surface area contributed by atoms with Crippen molar-refractivity contribution in [2.45, 2.75) is 4.34 Å². The minimum atomic E-state index is -0.208. The molecule has 9 heteroatoms. The smallest absolute Gasteiger partial charge is 0.250 e. The van der Waals surface area contributed by atoms with Gasteiger partial charge in [0, 0.05) is 19.8 Å². The van der Waals surface area contributed by atoms with Crippen LogP contribution in [0.25, 0.3) is 0 Å². The summed E-state index contributed by atoms with van der Waals surface area (Å²) in [5.74, 6) is 0.00543. The molecule has 2 rings (SSSR count). The van der Waals surface area contributed by atoms with Gasteiger partial charge in [-0.2, -0.15) is 5.10 Å². The van der Waals surface area contributed by atoms with Crippen molar-refractivity contribution in [1.29, 1.82) is 0 Å². The van der Waals surface area contributed by atoms with Gasteiger partial charge in [-0.1, -0.05) is 35.2 Å². The summed E-state index contributed by atoms with van der Waals surface area (Å²) in [4.78, 5) is 13.6. The zero-order valence-electron chi connectivity index (χ0n) is 12.2. The molecular formula is C13H16N6OS2. The Bertz CT molecular complexity index is 653. The van der Waals surface area contributed by atoms with Crippen LogP contribution in [0.2, 0.25) is 0 Å². The number of nitrogens with zero attached hydrogens (tertiary/aromatic N) is 4. The Morgan fingerprint density at radius 2 is 2.14 bits per heavy atom. The highest BCUT2D eigenvalue weighted by atomic mass is 32.2. The van der Waals surface area contributed by atoms with Crippen LogP contribution < -0.4 is 16.1 Å². The number of aromatic nitrogens is 2. The van der Waals surface area contributed by atoms with Crippen LogP contribution in [-0.2, 0) is 4.79 Å². The molecule has 3 N–H and O–H groups in total.